The Bertz CT molecular complexity index is 157. The summed E-state index contributed by atoms with van der Waals surface area (Å²) in [6.07, 6.45) is 2.82. The van der Waals surface area contributed by atoms with Gasteiger partial charge in [-0.3, -0.25) is 4.99 Å². The maximum absolute atomic E-state index is 12.1. The van der Waals surface area contributed by atoms with Crippen molar-refractivity contribution in [1.29, 1.82) is 0 Å². The fourth-order valence-electron chi connectivity index (χ4n) is 0.606. The van der Waals surface area contributed by atoms with E-state index >= 15 is 0 Å². The number of nitrogens with zero attached hydrogens (tertiary/aromatic N) is 1. The second kappa shape index (κ2) is 2.78. The van der Waals surface area contributed by atoms with Crippen LogP contribution >= 0.6 is 0 Å². The summed E-state index contributed by atoms with van der Waals surface area (Å²) in [5, 5.41) is 8.41. The molecule has 0 aliphatic carbocycles. The van der Waals surface area contributed by atoms with Crippen molar-refractivity contribution in [1.82, 2.24) is 0 Å². The molecule has 1 rings (SSSR count). The molecule has 1 atom stereocenters. The van der Waals surface area contributed by atoms with E-state index in [9.17, 15) is 4.39 Å². The lowest BCUT2D eigenvalue weighted by Crippen LogP contribution is -2.08. The summed E-state index contributed by atoms with van der Waals surface area (Å²) in [4.78, 5) is 3.45. The second-order valence-corrected chi connectivity index (χ2v) is 1.84. The van der Waals surface area contributed by atoms with E-state index in [0.717, 1.165) is 7.48 Å². The van der Waals surface area contributed by atoms with E-state index in [2.05, 4.69) is 4.99 Å². The summed E-state index contributed by atoms with van der Waals surface area (Å²) in [5.74, 6) is -0.572. The summed E-state index contributed by atoms with van der Waals surface area (Å²) in [6, 6.07) is 0. The quantitative estimate of drug-likeness (QED) is 0.504. The Morgan fingerprint density at radius 3 is 3.11 bits per heavy atom. The van der Waals surface area contributed by atoms with Gasteiger partial charge in [0.1, 0.15) is 0 Å². The van der Waals surface area contributed by atoms with Gasteiger partial charge < -0.3 is 5.02 Å². The monoisotopic (exact) mass is 126 g/mol. The molecule has 0 spiro atoms. The molecular formula is C5H6BFNO. The van der Waals surface area contributed by atoms with Crippen LogP contribution in [0.15, 0.2) is 17.1 Å². The molecule has 0 saturated carbocycles. The Balaban J connectivity index is 2.48. The Kier molecular flexibility index (Phi) is 2.00. The third-order valence-electron chi connectivity index (χ3n) is 1.13. The molecule has 1 aliphatic rings. The van der Waals surface area contributed by atoms with Gasteiger partial charge in [-0.15, -0.1) is 0 Å². The lowest BCUT2D eigenvalue weighted by Gasteiger charge is -2.06. The van der Waals surface area contributed by atoms with Crippen molar-refractivity contribution in [3.63, 3.8) is 0 Å². The molecule has 1 heterocycles. The zero-order valence-corrected chi connectivity index (χ0v) is 4.79. The zero-order valence-electron chi connectivity index (χ0n) is 4.79. The molecule has 9 heavy (non-hydrogen) atoms. The fraction of sp³-hybridized carbons (Fsp3) is 0.400. The van der Waals surface area contributed by atoms with Crippen LogP contribution in [0.25, 0.3) is 0 Å². The van der Waals surface area contributed by atoms with Crippen LogP contribution < -0.4 is 0 Å². The molecule has 0 aromatic heterocycles. The zero-order chi connectivity index (χ0) is 6.69. The SMILES string of the molecule is O[B]C1C=CC(F)=NC1. The largest absolute Gasteiger partial charge is 0.454 e. The minimum absolute atomic E-state index is 0.107. The predicted octanol–water partition coefficient (Wildman–Crippen LogP) is 0.324. The molecule has 47 valence electrons. The van der Waals surface area contributed by atoms with Crippen molar-refractivity contribution in [2.45, 2.75) is 5.82 Å². The predicted molar refractivity (Wildman–Crippen MR) is 34.3 cm³/mol. The lowest BCUT2D eigenvalue weighted by atomic mass is 9.80. The molecule has 0 aromatic rings. The number of halogens is 1. The number of rotatable bonds is 1. The van der Waals surface area contributed by atoms with Crippen LogP contribution in [0.1, 0.15) is 0 Å². The van der Waals surface area contributed by atoms with Gasteiger partial charge in [-0.25, -0.2) is 0 Å². The van der Waals surface area contributed by atoms with Gasteiger partial charge in [-0.1, -0.05) is 6.08 Å². The van der Waals surface area contributed by atoms with E-state index in [0.29, 0.717) is 6.54 Å². The third-order valence-corrected chi connectivity index (χ3v) is 1.13. The van der Waals surface area contributed by atoms with E-state index < -0.39 is 5.97 Å². The number of aliphatic imine (C=N–C) groups is 1. The van der Waals surface area contributed by atoms with Crippen LogP contribution in [0, 0.1) is 0 Å². The highest BCUT2D eigenvalue weighted by Gasteiger charge is 2.08. The Labute approximate surface area is 53.4 Å². The highest BCUT2D eigenvalue weighted by molar-refractivity contribution is 6.29. The Morgan fingerprint density at radius 1 is 1.89 bits per heavy atom. The molecule has 4 heteroatoms. The summed E-state index contributed by atoms with van der Waals surface area (Å²) in [5.41, 5.74) is 0. The van der Waals surface area contributed by atoms with Crippen molar-refractivity contribution in [2.24, 2.45) is 4.99 Å². The normalized spacial score (nSPS) is 25.6. The van der Waals surface area contributed by atoms with Crippen LogP contribution in [-0.2, 0) is 0 Å². The van der Waals surface area contributed by atoms with Crippen molar-refractivity contribution in [3.8, 4) is 0 Å². The first-order valence-electron chi connectivity index (χ1n) is 2.68. The number of allylic oxidation sites excluding steroid dienone is 1. The smallest absolute Gasteiger partial charge is 0.296 e. The number of hydrogen-bond acceptors (Lipinski definition) is 2. The average molecular weight is 126 g/mol. The van der Waals surface area contributed by atoms with Crippen LogP contribution in [0.4, 0.5) is 4.39 Å². The van der Waals surface area contributed by atoms with Gasteiger partial charge in [0, 0.05) is 6.54 Å². The van der Waals surface area contributed by atoms with Crippen molar-refractivity contribution in [2.75, 3.05) is 6.54 Å². The maximum Gasteiger partial charge on any atom is 0.296 e. The Morgan fingerprint density at radius 2 is 2.67 bits per heavy atom. The highest BCUT2D eigenvalue weighted by Crippen LogP contribution is 2.09. The lowest BCUT2D eigenvalue weighted by molar-refractivity contribution is 0.588. The van der Waals surface area contributed by atoms with Gasteiger partial charge in [0.2, 0.25) is 5.97 Å². The molecule has 1 radical (unpaired) electrons. The van der Waals surface area contributed by atoms with E-state index in [-0.39, 0.29) is 5.82 Å². The first kappa shape index (κ1) is 6.48. The van der Waals surface area contributed by atoms with Crippen LogP contribution in [0.5, 0.6) is 0 Å². The van der Waals surface area contributed by atoms with E-state index in [4.69, 9.17) is 5.02 Å². The van der Waals surface area contributed by atoms with Crippen LogP contribution in [-0.4, -0.2) is 25.0 Å². The van der Waals surface area contributed by atoms with Gasteiger partial charge in [0.25, 0.3) is 7.48 Å². The maximum atomic E-state index is 12.1. The van der Waals surface area contributed by atoms with Gasteiger partial charge >= 0.3 is 0 Å². The molecular weight excluding hydrogens is 120 g/mol. The van der Waals surface area contributed by atoms with Crippen LogP contribution in [0.3, 0.4) is 0 Å². The van der Waals surface area contributed by atoms with Crippen molar-refractivity contribution < 1.29 is 9.41 Å². The van der Waals surface area contributed by atoms with E-state index in [1.807, 2.05) is 0 Å². The third kappa shape index (κ3) is 1.64. The van der Waals surface area contributed by atoms with E-state index in [1.165, 1.54) is 6.08 Å². The molecule has 2 nitrogen and oxygen atoms in total. The minimum Gasteiger partial charge on any atom is -0.454 e. The molecule has 1 aliphatic heterocycles. The summed E-state index contributed by atoms with van der Waals surface area (Å²) >= 11 is 0. The van der Waals surface area contributed by atoms with Gasteiger partial charge in [-0.05, 0) is 11.9 Å². The summed E-state index contributed by atoms with van der Waals surface area (Å²) < 4.78 is 12.1. The first-order valence-corrected chi connectivity index (χ1v) is 2.68. The highest BCUT2D eigenvalue weighted by atomic mass is 19.1. The summed E-state index contributed by atoms with van der Waals surface area (Å²) in [7, 11) is 1.01. The molecule has 0 amide bonds. The van der Waals surface area contributed by atoms with Crippen LogP contribution in [0.2, 0.25) is 5.82 Å². The second-order valence-electron chi connectivity index (χ2n) is 1.84. The first-order chi connectivity index (χ1) is 4.33. The molecule has 0 aromatic carbocycles. The average Bonchev–Trinajstić information content (AvgIpc) is 1.90. The molecule has 0 bridgehead atoms. The topological polar surface area (TPSA) is 32.6 Å². The van der Waals surface area contributed by atoms with Crippen molar-refractivity contribution in [3.05, 3.63) is 12.2 Å². The van der Waals surface area contributed by atoms with Gasteiger partial charge in [0.15, 0.2) is 0 Å². The fourth-order valence-corrected chi connectivity index (χ4v) is 0.606. The molecule has 1 unspecified atom stereocenters. The van der Waals surface area contributed by atoms with Gasteiger partial charge in [0.05, 0.1) is 0 Å². The standard InChI is InChI=1S/C5H6BFNO/c7-5-2-1-4(6-9)3-8-5/h1-2,4,9H,3H2. The molecule has 0 saturated heterocycles. The van der Waals surface area contributed by atoms with E-state index in [1.54, 1.807) is 6.08 Å². The number of hydrogen-bond donors (Lipinski definition) is 1. The number of dihydropyridines is 1. The Hall–Kier alpha value is -0.635. The summed E-state index contributed by atoms with van der Waals surface area (Å²) in [6.45, 7) is 0.318. The molecule has 1 N–H and O–H groups in total. The van der Waals surface area contributed by atoms with Gasteiger partial charge in [-0.2, -0.15) is 4.39 Å². The van der Waals surface area contributed by atoms with Crippen molar-refractivity contribution >= 4 is 13.4 Å². The molecule has 0 fully saturated rings. The minimum atomic E-state index is -0.465.